The zero-order chi connectivity index (χ0) is 2.00. The van der Waals surface area contributed by atoms with Gasteiger partial charge in [-0.3, -0.25) is 15.2 Å². The van der Waals surface area contributed by atoms with E-state index in [1.54, 1.807) is 0 Å². The van der Waals surface area contributed by atoms with Gasteiger partial charge in [0.2, 0.25) is 0 Å². The van der Waals surface area contributed by atoms with Crippen LogP contribution in [0.5, 0.6) is 0 Å². The van der Waals surface area contributed by atoms with Gasteiger partial charge >= 0.3 is 0 Å². The smallest absolute Gasteiger partial charge is 0.0776 e. The minimum Gasteiger partial charge on any atom is -0.269 e. The van der Waals surface area contributed by atoms with E-state index in [1.807, 2.05) is 0 Å². The molecule has 0 aliphatic rings. The van der Waals surface area contributed by atoms with Crippen LogP contribution in [-0.4, -0.2) is 10.5 Å². The highest BCUT2D eigenvalue weighted by molar-refractivity contribution is 2.50. The van der Waals surface area contributed by atoms with Crippen LogP contribution >= 0.6 is 0 Å². The Hall–Kier alpha value is -0.150. The van der Waals surface area contributed by atoms with E-state index in [4.69, 9.17) is 10.5 Å². The molecule has 3 heteroatoms. The maximum absolute atomic E-state index is 6.00. The minimum absolute atomic E-state index is 0. The molecule has 0 aliphatic carbocycles. The molecule has 30 valence electrons. The summed E-state index contributed by atoms with van der Waals surface area (Å²) >= 11 is 0. The SMILES string of the molecule is C.F.OO. The van der Waals surface area contributed by atoms with Crippen LogP contribution in [0, 0.1) is 0 Å². The first-order chi connectivity index (χ1) is 1.00. The van der Waals surface area contributed by atoms with Crippen LogP contribution < -0.4 is 0 Å². The Bertz CT molecular complexity index is 6.00. The van der Waals surface area contributed by atoms with Gasteiger partial charge in [0.1, 0.15) is 0 Å². The number of hydrogen-bond donors (Lipinski definition) is 2. The molecule has 0 spiro atoms. The molecule has 0 atom stereocenters. The van der Waals surface area contributed by atoms with Crippen molar-refractivity contribution in [1.82, 2.24) is 0 Å². The molecule has 4 heavy (non-hydrogen) atoms. The summed E-state index contributed by atoms with van der Waals surface area (Å²) < 4.78 is 0. The lowest BCUT2D eigenvalue weighted by Gasteiger charge is -1.25. The molecule has 0 amide bonds. The van der Waals surface area contributed by atoms with Gasteiger partial charge in [-0.05, 0) is 0 Å². The lowest BCUT2D eigenvalue weighted by Crippen LogP contribution is -1.29. The molecular formula is CH7FO2. The molecule has 0 heterocycles. The number of halogens is 1. The molecule has 0 aromatic heterocycles. The number of rotatable bonds is 0. The Morgan fingerprint density at radius 2 is 1.00 bits per heavy atom. The third kappa shape index (κ3) is 59.4. The first-order valence-corrected chi connectivity index (χ1v) is 0.200. The van der Waals surface area contributed by atoms with Gasteiger partial charge in [0.05, 0.1) is 0 Å². The fourth-order valence-electron chi connectivity index (χ4n) is 0. The van der Waals surface area contributed by atoms with E-state index in [0.29, 0.717) is 0 Å². The molecule has 0 radical (unpaired) electrons. The average molecular weight is 70.1 g/mol. The van der Waals surface area contributed by atoms with Crippen LogP contribution in [0.25, 0.3) is 0 Å². The zero-order valence-corrected chi connectivity index (χ0v) is 1.30. The van der Waals surface area contributed by atoms with Gasteiger partial charge in [0.25, 0.3) is 0 Å². The molecule has 0 aromatic carbocycles. The second-order valence-electron chi connectivity index (χ2n) is 0. The molecule has 0 aromatic rings. The lowest BCUT2D eigenvalue weighted by molar-refractivity contribution is -0.176. The Labute approximate surface area is 24.0 Å². The molecule has 0 aliphatic heterocycles. The topological polar surface area (TPSA) is 40.5 Å². The predicted octanol–water partition coefficient (Wildman–Crippen LogP) is 0.806. The highest BCUT2D eigenvalue weighted by atomic mass is 19.0. The molecule has 0 bridgehead atoms. The summed E-state index contributed by atoms with van der Waals surface area (Å²) in [4.78, 5) is 0. The van der Waals surface area contributed by atoms with Gasteiger partial charge in [-0.2, -0.15) is 0 Å². The highest BCUT2D eigenvalue weighted by Crippen LogP contribution is 0.711. The molecule has 0 saturated carbocycles. The summed E-state index contributed by atoms with van der Waals surface area (Å²) in [6, 6.07) is 0. The van der Waals surface area contributed by atoms with Crippen LogP contribution in [0.15, 0.2) is 0 Å². The first-order valence-electron chi connectivity index (χ1n) is 0.200. The van der Waals surface area contributed by atoms with Gasteiger partial charge in [-0.15, -0.1) is 0 Å². The van der Waals surface area contributed by atoms with Gasteiger partial charge in [0.15, 0.2) is 0 Å². The quantitative estimate of drug-likeness (QED) is 0.327. The van der Waals surface area contributed by atoms with E-state index >= 15 is 0 Å². The third-order valence-electron chi connectivity index (χ3n) is 0. The van der Waals surface area contributed by atoms with Crippen molar-refractivity contribution >= 4 is 0 Å². The van der Waals surface area contributed by atoms with Crippen LogP contribution in [0.1, 0.15) is 7.43 Å². The van der Waals surface area contributed by atoms with Crippen molar-refractivity contribution < 1.29 is 15.2 Å². The largest absolute Gasteiger partial charge is 0.269 e. The van der Waals surface area contributed by atoms with Gasteiger partial charge < -0.3 is 0 Å². The predicted molar refractivity (Wildman–Crippen MR) is 14.5 cm³/mol. The average Bonchev–Trinajstić information content (AvgIpc) is 1.00. The van der Waals surface area contributed by atoms with E-state index < -0.39 is 0 Å². The van der Waals surface area contributed by atoms with Crippen molar-refractivity contribution in [3.8, 4) is 0 Å². The molecule has 2 nitrogen and oxygen atoms in total. The Balaban J connectivity index is -0.00000000500. The Morgan fingerprint density at radius 1 is 1.00 bits per heavy atom. The second-order valence-corrected chi connectivity index (χ2v) is 0. The summed E-state index contributed by atoms with van der Waals surface area (Å²) in [7, 11) is 0. The van der Waals surface area contributed by atoms with Crippen molar-refractivity contribution in [1.29, 1.82) is 0 Å². The maximum Gasteiger partial charge on any atom is -0.0776 e. The number of hydrogen-bond acceptors (Lipinski definition) is 2. The third-order valence-corrected chi connectivity index (χ3v) is 0. The summed E-state index contributed by atoms with van der Waals surface area (Å²) in [5, 5.41) is 12.0. The highest BCUT2D eigenvalue weighted by Gasteiger charge is 0.745. The normalized spacial score (nSPS) is 1.50. The van der Waals surface area contributed by atoms with Crippen molar-refractivity contribution in [2.45, 2.75) is 7.43 Å². The van der Waals surface area contributed by atoms with E-state index in [1.165, 1.54) is 0 Å². The van der Waals surface area contributed by atoms with Crippen molar-refractivity contribution in [2.24, 2.45) is 0 Å². The van der Waals surface area contributed by atoms with Crippen LogP contribution in [0.3, 0.4) is 0 Å². The molecular weight excluding hydrogens is 63.0 g/mol. The first kappa shape index (κ1) is 43.3. The molecule has 0 rings (SSSR count). The van der Waals surface area contributed by atoms with Crippen LogP contribution in [0.2, 0.25) is 0 Å². The summed E-state index contributed by atoms with van der Waals surface area (Å²) in [6.07, 6.45) is 0. The monoisotopic (exact) mass is 70.0 g/mol. The van der Waals surface area contributed by atoms with Crippen LogP contribution in [-0.2, 0) is 0 Å². The molecule has 2 N–H and O–H groups in total. The Morgan fingerprint density at radius 3 is 1.00 bits per heavy atom. The van der Waals surface area contributed by atoms with Gasteiger partial charge in [0, 0.05) is 0 Å². The minimum atomic E-state index is 0. The van der Waals surface area contributed by atoms with Gasteiger partial charge in [-0.1, -0.05) is 7.43 Å². The van der Waals surface area contributed by atoms with E-state index in [-0.39, 0.29) is 12.1 Å². The fourth-order valence-corrected chi connectivity index (χ4v) is 0. The molecule has 0 fully saturated rings. The molecule has 0 unspecified atom stereocenters. The maximum atomic E-state index is 6.00. The summed E-state index contributed by atoms with van der Waals surface area (Å²) in [5.74, 6) is 0. The van der Waals surface area contributed by atoms with E-state index in [0.717, 1.165) is 0 Å². The van der Waals surface area contributed by atoms with Crippen molar-refractivity contribution in [3.05, 3.63) is 0 Å². The lowest BCUT2D eigenvalue weighted by atomic mass is 12.0. The van der Waals surface area contributed by atoms with E-state index in [9.17, 15) is 0 Å². The zero-order valence-electron chi connectivity index (χ0n) is 1.30. The summed E-state index contributed by atoms with van der Waals surface area (Å²) in [6.45, 7) is 0. The fraction of sp³-hybridized carbons (Fsp3) is 1.00. The Kier molecular flexibility index (Phi) is 4690. The molecule has 0 saturated heterocycles. The van der Waals surface area contributed by atoms with Crippen molar-refractivity contribution in [3.63, 3.8) is 0 Å². The second kappa shape index (κ2) is 434. The van der Waals surface area contributed by atoms with E-state index in [2.05, 4.69) is 0 Å². The van der Waals surface area contributed by atoms with Crippen molar-refractivity contribution in [2.75, 3.05) is 0 Å². The standard InChI is InChI=1S/CH4.FH.H2O2/c;;1-2/h1H4;1H;1-2H. The summed E-state index contributed by atoms with van der Waals surface area (Å²) in [5.41, 5.74) is 0. The van der Waals surface area contributed by atoms with Crippen LogP contribution in [0.4, 0.5) is 4.70 Å². The van der Waals surface area contributed by atoms with Gasteiger partial charge in [-0.25, -0.2) is 0 Å².